The Morgan fingerprint density at radius 1 is 1.70 bits per heavy atom. The van der Waals surface area contributed by atoms with Crippen LogP contribution in [0.25, 0.3) is 0 Å². The summed E-state index contributed by atoms with van der Waals surface area (Å²) < 4.78 is 0. The van der Waals surface area contributed by atoms with Gasteiger partial charge in [0.25, 0.3) is 5.24 Å². The summed E-state index contributed by atoms with van der Waals surface area (Å²) in [5.41, 5.74) is 1.33. The number of aromatic nitrogens is 1. The van der Waals surface area contributed by atoms with Gasteiger partial charge in [0.05, 0.1) is 5.56 Å². The summed E-state index contributed by atoms with van der Waals surface area (Å²) in [5.74, 6) is 0. The molecule has 0 aliphatic rings. The fourth-order valence-electron chi connectivity index (χ4n) is 0.670. The van der Waals surface area contributed by atoms with E-state index in [1.807, 2.05) is 6.92 Å². The molecule has 0 aliphatic heterocycles. The molecular formula is C7H6ClNO. The van der Waals surface area contributed by atoms with Crippen molar-refractivity contribution in [2.24, 2.45) is 0 Å². The van der Waals surface area contributed by atoms with Gasteiger partial charge < -0.3 is 0 Å². The SMILES string of the molecule is Cc1ccncc1C(=O)Cl. The fraction of sp³-hybridized carbons (Fsp3) is 0.143. The third-order valence-corrected chi connectivity index (χ3v) is 1.45. The minimum Gasteiger partial charge on any atom is -0.276 e. The van der Waals surface area contributed by atoms with Gasteiger partial charge in [0, 0.05) is 12.4 Å². The number of nitrogens with zero attached hydrogens (tertiary/aromatic N) is 1. The van der Waals surface area contributed by atoms with E-state index in [9.17, 15) is 4.79 Å². The average molecular weight is 156 g/mol. The second-order valence-electron chi connectivity index (χ2n) is 1.96. The van der Waals surface area contributed by atoms with Crippen LogP contribution in [-0.4, -0.2) is 10.2 Å². The van der Waals surface area contributed by atoms with E-state index in [2.05, 4.69) is 4.98 Å². The van der Waals surface area contributed by atoms with Gasteiger partial charge in [-0.25, -0.2) is 0 Å². The Bertz CT molecular complexity index is 260. The first-order valence-electron chi connectivity index (χ1n) is 2.82. The van der Waals surface area contributed by atoms with Crippen molar-refractivity contribution >= 4 is 16.8 Å². The van der Waals surface area contributed by atoms with E-state index in [0.717, 1.165) is 5.56 Å². The molecule has 2 nitrogen and oxygen atoms in total. The molecule has 1 aromatic heterocycles. The third-order valence-electron chi connectivity index (χ3n) is 1.25. The average Bonchev–Trinajstić information content (AvgIpc) is 1.88. The number of carbonyl (C=O) groups is 1. The number of carbonyl (C=O) groups excluding carboxylic acids is 1. The molecule has 1 aromatic rings. The van der Waals surface area contributed by atoms with Crippen LogP contribution in [0.5, 0.6) is 0 Å². The molecule has 3 heteroatoms. The largest absolute Gasteiger partial charge is 0.276 e. The molecule has 0 spiro atoms. The van der Waals surface area contributed by atoms with Gasteiger partial charge in [-0.05, 0) is 30.2 Å². The predicted molar refractivity (Wildman–Crippen MR) is 39.2 cm³/mol. The maximum absolute atomic E-state index is 10.6. The smallest absolute Gasteiger partial charge is 0.254 e. The molecule has 0 aromatic carbocycles. The molecule has 0 fully saturated rings. The molecule has 0 atom stereocenters. The van der Waals surface area contributed by atoms with Crippen LogP contribution >= 0.6 is 11.6 Å². The Labute approximate surface area is 63.8 Å². The Hall–Kier alpha value is -0.890. The van der Waals surface area contributed by atoms with Crippen molar-refractivity contribution < 1.29 is 4.79 Å². The van der Waals surface area contributed by atoms with Crippen LogP contribution in [0.2, 0.25) is 0 Å². The number of pyridine rings is 1. The zero-order valence-electron chi connectivity index (χ0n) is 5.47. The lowest BCUT2D eigenvalue weighted by Crippen LogP contribution is -1.92. The van der Waals surface area contributed by atoms with Crippen LogP contribution in [-0.2, 0) is 0 Å². The van der Waals surface area contributed by atoms with E-state index < -0.39 is 5.24 Å². The molecule has 0 unspecified atom stereocenters. The van der Waals surface area contributed by atoms with E-state index in [0.29, 0.717) is 5.56 Å². The molecular weight excluding hydrogens is 150 g/mol. The number of aryl methyl sites for hydroxylation is 1. The highest BCUT2D eigenvalue weighted by Crippen LogP contribution is 2.07. The quantitative estimate of drug-likeness (QED) is 0.579. The normalized spacial score (nSPS) is 9.40. The van der Waals surface area contributed by atoms with Gasteiger partial charge in [-0.15, -0.1) is 0 Å². The molecule has 1 rings (SSSR count). The molecule has 0 saturated heterocycles. The van der Waals surface area contributed by atoms with Gasteiger partial charge >= 0.3 is 0 Å². The van der Waals surface area contributed by atoms with Gasteiger partial charge in [-0.2, -0.15) is 0 Å². The standard InChI is InChI=1S/C7H6ClNO/c1-5-2-3-9-4-6(5)7(8)10/h2-4H,1H3. The lowest BCUT2D eigenvalue weighted by Gasteiger charge is -1.95. The fourth-order valence-corrected chi connectivity index (χ4v) is 0.868. The van der Waals surface area contributed by atoms with Crippen LogP contribution < -0.4 is 0 Å². The van der Waals surface area contributed by atoms with Crippen LogP contribution in [0.3, 0.4) is 0 Å². The van der Waals surface area contributed by atoms with Gasteiger partial charge in [0.2, 0.25) is 0 Å². The van der Waals surface area contributed by atoms with Gasteiger partial charge in [0.1, 0.15) is 0 Å². The highest BCUT2D eigenvalue weighted by atomic mass is 35.5. The number of rotatable bonds is 1. The van der Waals surface area contributed by atoms with Crippen LogP contribution in [0, 0.1) is 6.92 Å². The summed E-state index contributed by atoms with van der Waals surface area (Å²) in [6.45, 7) is 1.82. The highest BCUT2D eigenvalue weighted by Gasteiger charge is 2.03. The van der Waals surface area contributed by atoms with E-state index in [1.165, 1.54) is 6.20 Å². The number of halogens is 1. The van der Waals surface area contributed by atoms with Crippen LogP contribution in [0.15, 0.2) is 18.5 Å². The second-order valence-corrected chi connectivity index (χ2v) is 2.31. The zero-order valence-corrected chi connectivity index (χ0v) is 6.22. The summed E-state index contributed by atoms with van der Waals surface area (Å²) in [6.07, 6.45) is 3.09. The Kier molecular flexibility index (Phi) is 2.02. The van der Waals surface area contributed by atoms with Crippen molar-refractivity contribution in [3.63, 3.8) is 0 Å². The van der Waals surface area contributed by atoms with Gasteiger partial charge in [0.15, 0.2) is 0 Å². The molecule has 0 bridgehead atoms. The molecule has 10 heavy (non-hydrogen) atoms. The maximum Gasteiger partial charge on any atom is 0.254 e. The second kappa shape index (κ2) is 2.80. The first kappa shape index (κ1) is 7.22. The molecule has 0 radical (unpaired) electrons. The Morgan fingerprint density at radius 2 is 2.40 bits per heavy atom. The van der Waals surface area contributed by atoms with Crippen molar-refractivity contribution in [2.45, 2.75) is 6.92 Å². The van der Waals surface area contributed by atoms with Crippen LogP contribution in [0.4, 0.5) is 0 Å². The molecule has 52 valence electrons. The summed E-state index contributed by atoms with van der Waals surface area (Å²) in [5, 5.41) is -0.453. The van der Waals surface area contributed by atoms with Gasteiger partial charge in [-0.3, -0.25) is 9.78 Å². The van der Waals surface area contributed by atoms with Crippen molar-refractivity contribution in [1.82, 2.24) is 4.98 Å². The monoisotopic (exact) mass is 155 g/mol. The summed E-state index contributed by atoms with van der Waals surface area (Å²) in [6, 6.07) is 1.75. The van der Waals surface area contributed by atoms with E-state index >= 15 is 0 Å². The third kappa shape index (κ3) is 1.33. The van der Waals surface area contributed by atoms with Gasteiger partial charge in [-0.1, -0.05) is 0 Å². The summed E-state index contributed by atoms with van der Waals surface area (Å²) in [7, 11) is 0. The maximum atomic E-state index is 10.6. The lowest BCUT2D eigenvalue weighted by atomic mass is 10.2. The Morgan fingerprint density at radius 3 is 2.80 bits per heavy atom. The van der Waals surface area contributed by atoms with Crippen molar-refractivity contribution in [2.75, 3.05) is 0 Å². The number of hydrogen-bond acceptors (Lipinski definition) is 2. The lowest BCUT2D eigenvalue weighted by molar-refractivity contribution is 0.108. The van der Waals surface area contributed by atoms with Crippen LogP contribution in [0.1, 0.15) is 15.9 Å². The minimum atomic E-state index is -0.453. The van der Waals surface area contributed by atoms with Crippen molar-refractivity contribution in [3.05, 3.63) is 29.6 Å². The molecule has 0 amide bonds. The summed E-state index contributed by atoms with van der Waals surface area (Å²) >= 11 is 5.23. The summed E-state index contributed by atoms with van der Waals surface area (Å²) in [4.78, 5) is 14.4. The van der Waals surface area contributed by atoms with Crippen molar-refractivity contribution in [1.29, 1.82) is 0 Å². The first-order valence-corrected chi connectivity index (χ1v) is 3.20. The Balaban J connectivity index is 3.15. The van der Waals surface area contributed by atoms with E-state index in [4.69, 9.17) is 11.6 Å². The molecule has 0 aliphatic carbocycles. The topological polar surface area (TPSA) is 30.0 Å². The minimum absolute atomic E-state index is 0.453. The molecule has 1 heterocycles. The predicted octanol–water partition coefficient (Wildman–Crippen LogP) is 1.77. The molecule has 0 N–H and O–H groups in total. The van der Waals surface area contributed by atoms with E-state index in [-0.39, 0.29) is 0 Å². The van der Waals surface area contributed by atoms with E-state index in [1.54, 1.807) is 12.3 Å². The number of hydrogen-bond donors (Lipinski definition) is 0. The zero-order chi connectivity index (χ0) is 7.56. The first-order chi connectivity index (χ1) is 4.72. The highest BCUT2D eigenvalue weighted by molar-refractivity contribution is 6.67. The van der Waals surface area contributed by atoms with Crippen molar-refractivity contribution in [3.8, 4) is 0 Å². The molecule has 0 saturated carbocycles.